The molecule has 0 aliphatic heterocycles. The van der Waals surface area contributed by atoms with Gasteiger partial charge in [-0.05, 0) is 29.4 Å². The molecule has 1 unspecified atom stereocenters. The largest absolute Gasteiger partial charge is 0.573 e. The first-order valence-electron chi connectivity index (χ1n) is 7.34. The van der Waals surface area contributed by atoms with Gasteiger partial charge in [-0.15, -0.1) is 13.2 Å². The molecule has 3 rings (SSSR count). The van der Waals surface area contributed by atoms with Gasteiger partial charge in [-0.3, -0.25) is 0 Å². The van der Waals surface area contributed by atoms with Crippen molar-refractivity contribution in [2.45, 2.75) is 19.3 Å². The maximum absolute atomic E-state index is 12.4. The van der Waals surface area contributed by atoms with Gasteiger partial charge < -0.3 is 20.5 Å². The van der Waals surface area contributed by atoms with Gasteiger partial charge in [-0.2, -0.15) is 0 Å². The Morgan fingerprint density at radius 3 is 2.54 bits per heavy atom. The van der Waals surface area contributed by atoms with Crippen molar-refractivity contribution in [2.75, 3.05) is 17.2 Å². The second-order valence-electron chi connectivity index (χ2n) is 5.26. The van der Waals surface area contributed by atoms with Gasteiger partial charge in [-0.1, -0.05) is 6.07 Å². The van der Waals surface area contributed by atoms with E-state index in [-0.39, 0.29) is 41.3 Å². The Morgan fingerprint density at radius 2 is 1.88 bits per heavy atom. The summed E-state index contributed by atoms with van der Waals surface area (Å²) in [4.78, 5) is 8.35. The van der Waals surface area contributed by atoms with E-state index in [0.717, 1.165) is 6.07 Å². The topological polar surface area (TPSA) is 118 Å². The van der Waals surface area contributed by atoms with E-state index in [2.05, 4.69) is 40.3 Å². The summed E-state index contributed by atoms with van der Waals surface area (Å²) < 4.78 is 45.5. The lowest BCUT2D eigenvalue weighted by Crippen LogP contribution is -2.21. The van der Waals surface area contributed by atoms with E-state index in [9.17, 15) is 18.3 Å². The Kier molecular flexibility index (Phi) is 4.75. The number of aromatic nitrogens is 4. The van der Waals surface area contributed by atoms with Gasteiger partial charge in [0.05, 0.1) is 6.61 Å². The summed E-state index contributed by atoms with van der Waals surface area (Å²) in [6.07, 6.45) is -4.80. The van der Waals surface area contributed by atoms with Crippen molar-refractivity contribution >= 4 is 28.6 Å². The molecule has 0 saturated heterocycles. The molecular formula is C14H13F3N6O3. The fourth-order valence-electron chi connectivity index (χ4n) is 2.01. The van der Waals surface area contributed by atoms with Crippen LogP contribution in [0, 0.1) is 0 Å². The highest BCUT2D eigenvalue weighted by Crippen LogP contribution is 2.28. The number of hydrogen-bond acceptors (Lipinski definition) is 9. The van der Waals surface area contributed by atoms with Gasteiger partial charge in [0.1, 0.15) is 5.75 Å². The van der Waals surface area contributed by atoms with Crippen molar-refractivity contribution in [3.63, 3.8) is 0 Å². The number of rotatable bonds is 6. The zero-order chi connectivity index (χ0) is 18.7. The molecule has 12 heteroatoms. The molecular weight excluding hydrogens is 357 g/mol. The molecule has 0 bridgehead atoms. The van der Waals surface area contributed by atoms with Crippen LogP contribution >= 0.6 is 0 Å². The molecule has 0 saturated carbocycles. The zero-order valence-corrected chi connectivity index (χ0v) is 13.3. The third-order valence-electron chi connectivity index (χ3n) is 3.10. The second-order valence-corrected chi connectivity index (χ2v) is 5.26. The predicted molar refractivity (Wildman–Crippen MR) is 84.0 cm³/mol. The number of benzene rings is 1. The van der Waals surface area contributed by atoms with Crippen LogP contribution in [0.3, 0.4) is 0 Å². The maximum Gasteiger partial charge on any atom is 0.573 e. The number of fused-ring (bicyclic) bond motifs is 1. The Balaban J connectivity index is 1.92. The summed E-state index contributed by atoms with van der Waals surface area (Å²) in [6, 6.07) is 4.87. The van der Waals surface area contributed by atoms with Crippen LogP contribution in [0.1, 0.15) is 6.92 Å². The summed E-state index contributed by atoms with van der Waals surface area (Å²) in [5.74, 6) is -0.00701. The average molecular weight is 370 g/mol. The van der Waals surface area contributed by atoms with Crippen molar-refractivity contribution < 1.29 is 27.6 Å². The molecule has 0 aliphatic carbocycles. The Bertz CT molecular complexity index is 901. The molecule has 0 fully saturated rings. The summed E-state index contributed by atoms with van der Waals surface area (Å²) >= 11 is 0. The lowest BCUT2D eigenvalue weighted by Gasteiger charge is -2.15. The van der Waals surface area contributed by atoms with Gasteiger partial charge in [0.15, 0.2) is 11.6 Å². The van der Waals surface area contributed by atoms with Crippen LogP contribution in [0.25, 0.3) is 11.3 Å². The summed E-state index contributed by atoms with van der Waals surface area (Å²) in [7, 11) is 0. The highest BCUT2D eigenvalue weighted by molar-refractivity contribution is 5.76. The van der Waals surface area contributed by atoms with E-state index >= 15 is 0 Å². The number of halogens is 3. The van der Waals surface area contributed by atoms with Gasteiger partial charge in [-0.25, -0.2) is 14.6 Å². The highest BCUT2D eigenvalue weighted by atomic mass is 19.4. The number of aliphatic hydroxyl groups excluding tert-OH is 1. The normalized spacial score (nSPS) is 12.8. The lowest BCUT2D eigenvalue weighted by atomic mass is 10.3. The molecule has 0 spiro atoms. The van der Waals surface area contributed by atoms with E-state index in [1.807, 2.05) is 0 Å². The van der Waals surface area contributed by atoms with Crippen molar-refractivity contribution in [1.82, 2.24) is 20.3 Å². The molecule has 1 aromatic carbocycles. The van der Waals surface area contributed by atoms with E-state index < -0.39 is 12.1 Å². The Hall–Kier alpha value is -3.15. The minimum Gasteiger partial charge on any atom is -0.406 e. The molecule has 0 aliphatic rings. The first-order chi connectivity index (χ1) is 12.3. The molecule has 138 valence electrons. The lowest BCUT2D eigenvalue weighted by molar-refractivity contribution is -0.274. The van der Waals surface area contributed by atoms with Crippen LogP contribution in [0.4, 0.5) is 30.5 Å². The van der Waals surface area contributed by atoms with Crippen LogP contribution in [0.15, 0.2) is 28.9 Å². The van der Waals surface area contributed by atoms with Crippen LogP contribution in [-0.4, -0.2) is 44.4 Å². The van der Waals surface area contributed by atoms with Crippen molar-refractivity contribution in [3.05, 3.63) is 24.3 Å². The fraction of sp³-hybridized carbons (Fsp3) is 0.286. The van der Waals surface area contributed by atoms with Gasteiger partial charge in [0, 0.05) is 17.8 Å². The molecule has 0 radical (unpaired) electrons. The number of ether oxygens (including phenoxy) is 1. The number of hydrogen-bond donors (Lipinski definition) is 3. The monoisotopic (exact) mass is 370 g/mol. The zero-order valence-electron chi connectivity index (χ0n) is 13.3. The van der Waals surface area contributed by atoms with Crippen molar-refractivity contribution in [2.24, 2.45) is 0 Å². The molecule has 2 heterocycles. The summed E-state index contributed by atoms with van der Waals surface area (Å²) in [5, 5.41) is 22.1. The summed E-state index contributed by atoms with van der Waals surface area (Å²) in [5.41, 5.74) is 0.520. The molecule has 26 heavy (non-hydrogen) atoms. The second kappa shape index (κ2) is 7.00. The van der Waals surface area contributed by atoms with Gasteiger partial charge in [0.25, 0.3) is 0 Å². The SMILES string of the molecule is CC(CO)Nc1nc2nonc2nc1Nc1cccc(OC(F)(F)F)c1. The molecule has 0 amide bonds. The number of anilines is 3. The minimum absolute atomic E-state index is 0.109. The molecule has 3 N–H and O–H groups in total. The standard InChI is InChI=1S/C14H13F3N6O3/c1-7(6-24)18-10-11(21-13-12(20-10)22-26-23-13)19-8-3-2-4-9(5-8)25-14(15,16)17/h2-5,7,24H,6H2,1H3,(H,18,20,22)(H,19,21,23). The number of nitrogens with zero attached hydrogens (tertiary/aromatic N) is 4. The smallest absolute Gasteiger partial charge is 0.406 e. The number of alkyl halides is 3. The number of nitrogens with one attached hydrogen (secondary N) is 2. The molecule has 1 atom stereocenters. The van der Waals surface area contributed by atoms with Gasteiger partial charge in [0.2, 0.25) is 11.3 Å². The van der Waals surface area contributed by atoms with Crippen LogP contribution in [0.2, 0.25) is 0 Å². The quantitative estimate of drug-likeness (QED) is 0.601. The Labute approximate surface area is 144 Å². The van der Waals surface area contributed by atoms with E-state index in [1.54, 1.807) is 6.92 Å². The minimum atomic E-state index is -4.80. The van der Waals surface area contributed by atoms with Gasteiger partial charge >= 0.3 is 6.36 Å². The first-order valence-corrected chi connectivity index (χ1v) is 7.34. The maximum atomic E-state index is 12.4. The van der Waals surface area contributed by atoms with Crippen LogP contribution < -0.4 is 15.4 Å². The third kappa shape index (κ3) is 4.27. The molecule has 3 aromatic rings. The van der Waals surface area contributed by atoms with Crippen LogP contribution in [-0.2, 0) is 0 Å². The summed E-state index contributed by atoms with van der Waals surface area (Å²) in [6.45, 7) is 1.53. The van der Waals surface area contributed by atoms with E-state index in [1.165, 1.54) is 18.2 Å². The fourth-order valence-corrected chi connectivity index (χ4v) is 2.01. The number of aliphatic hydroxyl groups is 1. The van der Waals surface area contributed by atoms with Crippen molar-refractivity contribution in [1.29, 1.82) is 0 Å². The van der Waals surface area contributed by atoms with E-state index in [4.69, 9.17) is 0 Å². The van der Waals surface area contributed by atoms with Crippen LogP contribution in [0.5, 0.6) is 5.75 Å². The predicted octanol–water partition coefficient (Wildman–Crippen LogP) is 2.45. The highest BCUT2D eigenvalue weighted by Gasteiger charge is 2.31. The Morgan fingerprint density at radius 1 is 1.19 bits per heavy atom. The van der Waals surface area contributed by atoms with Crippen molar-refractivity contribution in [3.8, 4) is 5.75 Å². The first kappa shape index (κ1) is 17.7. The van der Waals surface area contributed by atoms with E-state index in [0.29, 0.717) is 0 Å². The molecule has 9 nitrogen and oxygen atoms in total. The average Bonchev–Trinajstić information content (AvgIpc) is 3.01. The third-order valence-corrected chi connectivity index (χ3v) is 3.10. The molecule has 2 aromatic heterocycles.